The van der Waals surface area contributed by atoms with Gasteiger partial charge in [0.1, 0.15) is 11.5 Å². The second-order valence-corrected chi connectivity index (χ2v) is 3.50. The van der Waals surface area contributed by atoms with Crippen LogP contribution in [0.4, 0.5) is 0 Å². The number of carbonyl (C=O) groups is 1. The molecule has 100 valence electrons. The highest BCUT2D eigenvalue weighted by Crippen LogP contribution is 2.18. The Balaban J connectivity index is 1.92. The molecule has 0 bridgehead atoms. The molecular formula is C12H12N2O5. The van der Waals surface area contributed by atoms with E-state index in [4.69, 9.17) is 19.0 Å². The summed E-state index contributed by atoms with van der Waals surface area (Å²) in [6.07, 6.45) is 0. The molecule has 2 aromatic rings. The number of ether oxygens (including phenoxy) is 2. The van der Waals surface area contributed by atoms with Gasteiger partial charge in [-0.1, -0.05) is 0 Å². The van der Waals surface area contributed by atoms with Crippen LogP contribution in [-0.2, 0) is 6.61 Å². The summed E-state index contributed by atoms with van der Waals surface area (Å²) in [6, 6.07) is 7.02. The Kier molecular flexibility index (Phi) is 3.97. The van der Waals surface area contributed by atoms with Gasteiger partial charge in [0.25, 0.3) is 5.89 Å². The molecule has 0 aliphatic rings. The lowest BCUT2D eigenvalue weighted by Crippen LogP contribution is -1.96. The van der Waals surface area contributed by atoms with Crippen LogP contribution >= 0.6 is 0 Å². The molecule has 0 fully saturated rings. The third-order valence-corrected chi connectivity index (χ3v) is 2.15. The maximum absolute atomic E-state index is 10.5. The predicted molar refractivity (Wildman–Crippen MR) is 63.2 cm³/mol. The van der Waals surface area contributed by atoms with Gasteiger partial charge in [-0.3, -0.25) is 0 Å². The Morgan fingerprint density at radius 3 is 2.37 bits per heavy atom. The molecule has 2 rings (SSSR count). The Bertz CT molecular complexity index is 550. The molecule has 0 radical (unpaired) electrons. The van der Waals surface area contributed by atoms with E-state index in [0.29, 0.717) is 12.4 Å². The number of hydrogen-bond acceptors (Lipinski definition) is 6. The zero-order chi connectivity index (χ0) is 13.7. The van der Waals surface area contributed by atoms with Crippen LogP contribution in [0.2, 0.25) is 0 Å². The summed E-state index contributed by atoms with van der Waals surface area (Å²) in [7, 11) is 0. The van der Waals surface area contributed by atoms with Gasteiger partial charge in [0.15, 0.2) is 6.61 Å². The molecule has 0 saturated heterocycles. The minimum Gasteiger partial charge on any atom is -0.494 e. The van der Waals surface area contributed by atoms with Gasteiger partial charge in [0, 0.05) is 0 Å². The summed E-state index contributed by atoms with van der Waals surface area (Å²) < 4.78 is 15.5. The number of hydrogen-bond donors (Lipinski definition) is 1. The molecule has 0 amide bonds. The van der Waals surface area contributed by atoms with Crippen molar-refractivity contribution in [1.82, 2.24) is 10.2 Å². The average molecular weight is 264 g/mol. The summed E-state index contributed by atoms with van der Waals surface area (Å²) in [6.45, 7) is 2.51. The van der Waals surface area contributed by atoms with Gasteiger partial charge in [0.2, 0.25) is 0 Å². The fraction of sp³-hybridized carbons (Fsp3) is 0.250. The van der Waals surface area contributed by atoms with Gasteiger partial charge in [-0.25, -0.2) is 4.79 Å². The van der Waals surface area contributed by atoms with E-state index in [0.717, 1.165) is 5.75 Å². The monoisotopic (exact) mass is 264 g/mol. The van der Waals surface area contributed by atoms with Gasteiger partial charge in [-0.05, 0) is 31.2 Å². The van der Waals surface area contributed by atoms with E-state index in [-0.39, 0.29) is 12.5 Å². The Hall–Kier alpha value is -2.57. The topological polar surface area (TPSA) is 94.7 Å². The molecule has 0 aliphatic carbocycles. The standard InChI is InChI=1S/C12H12N2O5/c1-2-17-8-3-5-9(6-4-8)18-7-10-13-14-11(19-10)12(15)16/h3-6H,2,7H2,1H3,(H,15,16). The normalized spacial score (nSPS) is 10.2. The van der Waals surface area contributed by atoms with Crippen molar-refractivity contribution in [2.45, 2.75) is 13.5 Å². The van der Waals surface area contributed by atoms with E-state index < -0.39 is 11.9 Å². The lowest BCUT2D eigenvalue weighted by atomic mass is 10.3. The van der Waals surface area contributed by atoms with Crippen LogP contribution in [-0.4, -0.2) is 27.9 Å². The molecule has 0 spiro atoms. The number of carboxylic acids is 1. The maximum atomic E-state index is 10.5. The van der Waals surface area contributed by atoms with E-state index in [2.05, 4.69) is 10.2 Å². The summed E-state index contributed by atoms with van der Waals surface area (Å²) in [5.74, 6) is -0.268. The molecule has 0 aliphatic heterocycles. The highest BCUT2D eigenvalue weighted by atomic mass is 16.5. The molecule has 0 unspecified atom stereocenters. The SMILES string of the molecule is CCOc1ccc(OCc2nnc(C(=O)O)o2)cc1. The van der Waals surface area contributed by atoms with Crippen LogP contribution < -0.4 is 9.47 Å². The first-order chi connectivity index (χ1) is 9.19. The van der Waals surface area contributed by atoms with E-state index in [1.165, 1.54) is 0 Å². The van der Waals surface area contributed by atoms with E-state index in [1.807, 2.05) is 6.92 Å². The van der Waals surface area contributed by atoms with Crippen LogP contribution in [0.3, 0.4) is 0 Å². The van der Waals surface area contributed by atoms with Crippen LogP contribution in [0.5, 0.6) is 11.5 Å². The van der Waals surface area contributed by atoms with Crippen molar-refractivity contribution in [3.63, 3.8) is 0 Å². The molecule has 0 atom stereocenters. The van der Waals surface area contributed by atoms with Gasteiger partial charge in [-0.2, -0.15) is 0 Å². The molecule has 0 saturated carbocycles. The van der Waals surface area contributed by atoms with Gasteiger partial charge in [0.05, 0.1) is 6.61 Å². The van der Waals surface area contributed by atoms with Crippen molar-refractivity contribution < 1.29 is 23.8 Å². The van der Waals surface area contributed by atoms with Gasteiger partial charge in [-0.15, -0.1) is 10.2 Å². The lowest BCUT2D eigenvalue weighted by molar-refractivity contribution is 0.0649. The van der Waals surface area contributed by atoms with Crippen molar-refractivity contribution in [2.75, 3.05) is 6.61 Å². The number of aromatic carboxylic acids is 1. The molecule has 7 heteroatoms. The minimum absolute atomic E-state index is 0.00820. The van der Waals surface area contributed by atoms with Crippen LogP contribution in [0.25, 0.3) is 0 Å². The van der Waals surface area contributed by atoms with Gasteiger partial charge >= 0.3 is 11.9 Å². The first-order valence-electron chi connectivity index (χ1n) is 5.60. The first-order valence-corrected chi connectivity index (χ1v) is 5.60. The Morgan fingerprint density at radius 1 is 1.21 bits per heavy atom. The minimum atomic E-state index is -1.26. The molecular weight excluding hydrogens is 252 g/mol. The highest BCUT2D eigenvalue weighted by molar-refractivity contribution is 5.81. The highest BCUT2D eigenvalue weighted by Gasteiger charge is 2.13. The molecule has 1 N–H and O–H groups in total. The second kappa shape index (κ2) is 5.85. The van der Waals surface area contributed by atoms with Crippen LogP contribution in [0, 0.1) is 0 Å². The zero-order valence-corrected chi connectivity index (χ0v) is 10.2. The molecule has 1 heterocycles. The summed E-state index contributed by atoms with van der Waals surface area (Å²) in [5, 5.41) is 15.5. The predicted octanol–water partition coefficient (Wildman–Crippen LogP) is 1.75. The maximum Gasteiger partial charge on any atom is 0.393 e. The third kappa shape index (κ3) is 3.44. The number of carboxylic acid groups (broad SMARTS) is 1. The number of aromatic nitrogens is 2. The van der Waals surface area contributed by atoms with E-state index in [9.17, 15) is 4.79 Å². The number of benzene rings is 1. The molecule has 1 aromatic carbocycles. The smallest absolute Gasteiger partial charge is 0.393 e. The van der Waals surface area contributed by atoms with Crippen LogP contribution in [0.1, 0.15) is 23.5 Å². The quantitative estimate of drug-likeness (QED) is 0.849. The second-order valence-electron chi connectivity index (χ2n) is 3.50. The van der Waals surface area contributed by atoms with Crippen molar-refractivity contribution in [2.24, 2.45) is 0 Å². The van der Waals surface area contributed by atoms with Crippen molar-refractivity contribution in [3.8, 4) is 11.5 Å². The number of rotatable bonds is 6. The summed E-state index contributed by atoms with van der Waals surface area (Å²) in [4.78, 5) is 10.5. The van der Waals surface area contributed by atoms with E-state index in [1.54, 1.807) is 24.3 Å². The largest absolute Gasteiger partial charge is 0.494 e. The van der Waals surface area contributed by atoms with Gasteiger partial charge < -0.3 is 19.0 Å². The summed E-state index contributed by atoms with van der Waals surface area (Å²) >= 11 is 0. The molecule has 7 nitrogen and oxygen atoms in total. The third-order valence-electron chi connectivity index (χ3n) is 2.15. The Morgan fingerprint density at radius 2 is 1.84 bits per heavy atom. The fourth-order valence-electron chi connectivity index (χ4n) is 1.34. The van der Waals surface area contributed by atoms with Crippen molar-refractivity contribution >= 4 is 5.97 Å². The van der Waals surface area contributed by atoms with E-state index >= 15 is 0 Å². The number of nitrogens with zero attached hydrogens (tertiary/aromatic N) is 2. The summed E-state index contributed by atoms with van der Waals surface area (Å²) in [5.41, 5.74) is 0. The van der Waals surface area contributed by atoms with Crippen molar-refractivity contribution in [1.29, 1.82) is 0 Å². The lowest BCUT2D eigenvalue weighted by Gasteiger charge is -2.05. The molecule has 19 heavy (non-hydrogen) atoms. The zero-order valence-electron chi connectivity index (χ0n) is 10.2. The Labute approximate surface area is 108 Å². The fourth-order valence-corrected chi connectivity index (χ4v) is 1.34. The average Bonchev–Trinajstić information content (AvgIpc) is 2.87. The molecule has 1 aromatic heterocycles. The van der Waals surface area contributed by atoms with Crippen molar-refractivity contribution in [3.05, 3.63) is 36.0 Å². The first kappa shape index (κ1) is 12.9. The van der Waals surface area contributed by atoms with Crippen LogP contribution in [0.15, 0.2) is 28.7 Å².